The molecule has 9 nitrogen and oxygen atoms in total. The number of ether oxygens (including phenoxy) is 3. The molecule has 0 aliphatic heterocycles. The molecule has 34 heavy (non-hydrogen) atoms. The second-order valence-corrected chi connectivity index (χ2v) is 6.96. The molecule has 1 aromatic heterocycles. The molecule has 10 heteroatoms. The van der Waals surface area contributed by atoms with E-state index in [2.05, 4.69) is 10.3 Å². The van der Waals surface area contributed by atoms with Crippen LogP contribution in [0.5, 0.6) is 23.0 Å². The SMILES string of the molecule is COc1cc(C(=O)NCC(=O)c2ccc(OC)c(-c3ccc(F)c(O)c3)n2)ccc1OCCO. The zero-order valence-electron chi connectivity index (χ0n) is 18.5. The number of halogens is 1. The van der Waals surface area contributed by atoms with Crippen molar-refractivity contribution < 1.29 is 38.4 Å². The number of nitrogens with one attached hydrogen (secondary N) is 1. The highest BCUT2D eigenvalue weighted by Gasteiger charge is 2.17. The standard InChI is InChI=1S/C24H23FN2O7/c1-32-21-8-6-17(27-23(21)14-3-5-16(25)18(29)11-14)19(30)13-26-24(31)15-4-7-20(34-10-9-28)22(12-15)33-2/h3-8,11-12,28-29H,9-10,13H2,1-2H3,(H,26,31). The summed E-state index contributed by atoms with van der Waals surface area (Å²) in [6, 6.07) is 11.1. The number of phenols is 1. The summed E-state index contributed by atoms with van der Waals surface area (Å²) in [6.07, 6.45) is 0. The van der Waals surface area contributed by atoms with Crippen LogP contribution in [-0.4, -0.2) is 60.9 Å². The molecule has 0 aliphatic rings. The first-order valence-corrected chi connectivity index (χ1v) is 10.1. The summed E-state index contributed by atoms with van der Waals surface area (Å²) in [5, 5.41) is 21.1. The van der Waals surface area contributed by atoms with Crippen molar-refractivity contribution in [3.05, 3.63) is 65.6 Å². The predicted octanol–water partition coefficient (Wildman–Crippen LogP) is 2.59. The van der Waals surface area contributed by atoms with E-state index >= 15 is 0 Å². The number of rotatable bonds is 10. The number of aromatic hydroxyl groups is 1. The predicted molar refractivity (Wildman–Crippen MR) is 120 cm³/mol. The third kappa shape index (κ3) is 5.59. The van der Waals surface area contributed by atoms with Gasteiger partial charge in [-0.3, -0.25) is 9.59 Å². The summed E-state index contributed by atoms with van der Waals surface area (Å²) in [5.74, 6) is -1.35. The fraction of sp³-hybridized carbons (Fsp3) is 0.208. The molecule has 0 aliphatic carbocycles. The maximum absolute atomic E-state index is 13.4. The van der Waals surface area contributed by atoms with Gasteiger partial charge in [-0.1, -0.05) is 0 Å². The first-order valence-electron chi connectivity index (χ1n) is 10.1. The fourth-order valence-corrected chi connectivity index (χ4v) is 3.07. The van der Waals surface area contributed by atoms with Crippen LogP contribution in [0.25, 0.3) is 11.3 Å². The van der Waals surface area contributed by atoms with Gasteiger partial charge < -0.3 is 29.7 Å². The Morgan fingerprint density at radius 3 is 2.41 bits per heavy atom. The van der Waals surface area contributed by atoms with E-state index in [9.17, 15) is 19.1 Å². The number of pyridine rings is 1. The largest absolute Gasteiger partial charge is 0.505 e. The van der Waals surface area contributed by atoms with Crippen LogP contribution in [0.2, 0.25) is 0 Å². The normalized spacial score (nSPS) is 10.5. The summed E-state index contributed by atoms with van der Waals surface area (Å²) in [6.45, 7) is -0.431. The van der Waals surface area contributed by atoms with E-state index in [1.165, 1.54) is 56.7 Å². The molecular formula is C24H23FN2O7. The van der Waals surface area contributed by atoms with Crippen molar-refractivity contribution in [1.29, 1.82) is 0 Å². The van der Waals surface area contributed by atoms with Crippen molar-refractivity contribution >= 4 is 11.7 Å². The number of carbonyl (C=O) groups is 2. The van der Waals surface area contributed by atoms with Gasteiger partial charge in [0.2, 0.25) is 0 Å². The Morgan fingerprint density at radius 1 is 1.00 bits per heavy atom. The monoisotopic (exact) mass is 470 g/mol. The quantitative estimate of drug-likeness (QED) is 0.386. The van der Waals surface area contributed by atoms with E-state index in [0.29, 0.717) is 22.8 Å². The third-order valence-corrected chi connectivity index (χ3v) is 4.77. The fourth-order valence-electron chi connectivity index (χ4n) is 3.07. The number of ketones is 1. The van der Waals surface area contributed by atoms with Gasteiger partial charge in [-0.05, 0) is 48.5 Å². The van der Waals surface area contributed by atoms with Crippen LogP contribution in [0.4, 0.5) is 4.39 Å². The molecule has 0 atom stereocenters. The average molecular weight is 470 g/mol. The van der Waals surface area contributed by atoms with Crippen molar-refractivity contribution in [2.24, 2.45) is 0 Å². The molecule has 2 aromatic carbocycles. The number of aliphatic hydroxyl groups is 1. The van der Waals surface area contributed by atoms with Crippen LogP contribution in [0, 0.1) is 5.82 Å². The van der Waals surface area contributed by atoms with Crippen LogP contribution in [-0.2, 0) is 0 Å². The number of carbonyl (C=O) groups excluding carboxylic acids is 2. The summed E-state index contributed by atoms with van der Waals surface area (Å²) in [5.41, 5.74) is 0.875. The lowest BCUT2D eigenvalue weighted by Gasteiger charge is -2.12. The Labute approximate surface area is 194 Å². The lowest BCUT2D eigenvalue weighted by Crippen LogP contribution is -2.30. The first kappa shape index (κ1) is 24.5. The Balaban J connectivity index is 1.74. The van der Waals surface area contributed by atoms with Gasteiger partial charge in [0.15, 0.2) is 28.8 Å². The molecule has 0 unspecified atom stereocenters. The van der Waals surface area contributed by atoms with E-state index in [1.54, 1.807) is 0 Å². The highest BCUT2D eigenvalue weighted by Crippen LogP contribution is 2.31. The number of aromatic nitrogens is 1. The van der Waals surface area contributed by atoms with Crippen LogP contribution in [0.1, 0.15) is 20.8 Å². The summed E-state index contributed by atoms with van der Waals surface area (Å²) in [7, 11) is 2.83. The van der Waals surface area contributed by atoms with Gasteiger partial charge in [-0.25, -0.2) is 9.37 Å². The van der Waals surface area contributed by atoms with Crippen LogP contribution in [0.15, 0.2) is 48.5 Å². The second-order valence-electron chi connectivity index (χ2n) is 6.96. The van der Waals surface area contributed by atoms with Gasteiger partial charge in [0.1, 0.15) is 23.7 Å². The smallest absolute Gasteiger partial charge is 0.251 e. The van der Waals surface area contributed by atoms with Crippen LogP contribution < -0.4 is 19.5 Å². The van der Waals surface area contributed by atoms with Crippen molar-refractivity contribution in [3.8, 4) is 34.3 Å². The molecule has 0 saturated heterocycles. The van der Waals surface area contributed by atoms with Gasteiger partial charge in [0.05, 0.1) is 27.4 Å². The number of methoxy groups -OCH3 is 2. The van der Waals surface area contributed by atoms with Crippen LogP contribution in [0.3, 0.4) is 0 Å². The molecule has 1 amide bonds. The minimum atomic E-state index is -0.790. The highest BCUT2D eigenvalue weighted by atomic mass is 19.1. The molecule has 0 radical (unpaired) electrons. The van der Waals surface area contributed by atoms with Gasteiger partial charge in [-0.15, -0.1) is 0 Å². The molecule has 3 N–H and O–H groups in total. The summed E-state index contributed by atoms with van der Waals surface area (Å²) < 4.78 is 29.2. The number of nitrogens with zero attached hydrogens (tertiary/aromatic N) is 1. The number of aliphatic hydroxyl groups excluding tert-OH is 1. The molecule has 0 bridgehead atoms. The Bertz CT molecular complexity index is 1200. The van der Waals surface area contributed by atoms with Gasteiger partial charge >= 0.3 is 0 Å². The Hall–Kier alpha value is -4.18. The zero-order chi connectivity index (χ0) is 24.7. The Kier molecular flexibility index (Phi) is 7.99. The van der Waals surface area contributed by atoms with Crippen molar-refractivity contribution in [2.45, 2.75) is 0 Å². The molecule has 3 rings (SSSR count). The summed E-state index contributed by atoms with van der Waals surface area (Å²) >= 11 is 0. The number of amides is 1. The molecule has 178 valence electrons. The minimum Gasteiger partial charge on any atom is -0.505 e. The molecule has 0 saturated carbocycles. The minimum absolute atomic E-state index is 0.0465. The lowest BCUT2D eigenvalue weighted by atomic mass is 10.1. The van der Waals surface area contributed by atoms with Crippen molar-refractivity contribution in [2.75, 3.05) is 34.0 Å². The third-order valence-electron chi connectivity index (χ3n) is 4.77. The number of benzene rings is 2. The lowest BCUT2D eigenvalue weighted by molar-refractivity contribution is 0.0902. The average Bonchev–Trinajstić information content (AvgIpc) is 2.86. The van der Waals surface area contributed by atoms with Gasteiger partial charge in [0, 0.05) is 11.1 Å². The molecule has 0 spiro atoms. The number of hydrogen-bond donors (Lipinski definition) is 3. The maximum atomic E-state index is 13.4. The maximum Gasteiger partial charge on any atom is 0.251 e. The van der Waals surface area contributed by atoms with Crippen molar-refractivity contribution in [1.82, 2.24) is 10.3 Å². The van der Waals surface area contributed by atoms with E-state index < -0.39 is 23.3 Å². The zero-order valence-corrected chi connectivity index (χ0v) is 18.5. The molecule has 3 aromatic rings. The number of Topliss-reactive ketones (excluding diaryl/α,β-unsaturated/α-hetero) is 1. The van der Waals surface area contributed by atoms with E-state index in [4.69, 9.17) is 19.3 Å². The van der Waals surface area contributed by atoms with Crippen LogP contribution >= 0.6 is 0 Å². The topological polar surface area (TPSA) is 127 Å². The first-order chi connectivity index (χ1) is 16.4. The second kappa shape index (κ2) is 11.1. The molecular weight excluding hydrogens is 447 g/mol. The summed E-state index contributed by atoms with van der Waals surface area (Å²) in [4.78, 5) is 29.5. The van der Waals surface area contributed by atoms with E-state index in [0.717, 1.165) is 6.07 Å². The highest BCUT2D eigenvalue weighted by molar-refractivity contribution is 6.01. The molecule has 0 fully saturated rings. The molecule has 1 heterocycles. The Morgan fingerprint density at radius 2 is 1.74 bits per heavy atom. The number of hydrogen-bond acceptors (Lipinski definition) is 8. The van der Waals surface area contributed by atoms with E-state index in [-0.39, 0.29) is 36.7 Å². The van der Waals surface area contributed by atoms with Crippen molar-refractivity contribution in [3.63, 3.8) is 0 Å². The van der Waals surface area contributed by atoms with Gasteiger partial charge in [-0.2, -0.15) is 0 Å². The van der Waals surface area contributed by atoms with Gasteiger partial charge in [0.25, 0.3) is 5.91 Å². The number of phenolic OH excluding ortho intramolecular Hbond substituents is 1. The van der Waals surface area contributed by atoms with E-state index in [1.807, 2.05) is 0 Å².